The standard InChI is InChI=1S/C6H11N3O2S/c7-5(12)4-3-8-1-2-9(4)6(10)11/h4,8H,1-3H2,(H2,7,12)(H,10,11). The van der Waals surface area contributed by atoms with Crippen molar-refractivity contribution >= 4 is 23.3 Å². The molecule has 0 aliphatic carbocycles. The number of carboxylic acid groups (broad SMARTS) is 1. The van der Waals surface area contributed by atoms with Crippen LogP contribution in [0.4, 0.5) is 4.79 Å². The molecule has 1 aliphatic rings. The number of nitrogens with zero attached hydrogens (tertiary/aromatic N) is 1. The third kappa shape index (κ3) is 1.83. The SMILES string of the molecule is NC(=S)C1CNCCN1C(=O)O. The van der Waals surface area contributed by atoms with Gasteiger partial charge in [0, 0.05) is 19.6 Å². The highest BCUT2D eigenvalue weighted by Gasteiger charge is 2.27. The third-order valence-electron chi connectivity index (χ3n) is 1.82. The smallest absolute Gasteiger partial charge is 0.407 e. The highest BCUT2D eigenvalue weighted by Crippen LogP contribution is 2.03. The van der Waals surface area contributed by atoms with Crippen LogP contribution < -0.4 is 11.1 Å². The number of hydrogen-bond acceptors (Lipinski definition) is 3. The van der Waals surface area contributed by atoms with Crippen LogP contribution >= 0.6 is 12.2 Å². The lowest BCUT2D eigenvalue weighted by molar-refractivity contribution is 0.128. The second-order valence-electron chi connectivity index (χ2n) is 2.60. The lowest BCUT2D eigenvalue weighted by Crippen LogP contribution is -2.57. The van der Waals surface area contributed by atoms with E-state index in [0.29, 0.717) is 19.6 Å². The van der Waals surface area contributed by atoms with Crippen LogP contribution in [0.15, 0.2) is 0 Å². The van der Waals surface area contributed by atoms with Crippen LogP contribution in [0.2, 0.25) is 0 Å². The Morgan fingerprint density at radius 3 is 2.83 bits per heavy atom. The minimum Gasteiger partial charge on any atom is -0.465 e. The summed E-state index contributed by atoms with van der Waals surface area (Å²) in [5, 5.41) is 11.8. The summed E-state index contributed by atoms with van der Waals surface area (Å²) in [5.74, 6) is 0. The lowest BCUT2D eigenvalue weighted by atomic mass is 10.2. The molecule has 1 aliphatic heterocycles. The van der Waals surface area contributed by atoms with Gasteiger partial charge in [-0.15, -0.1) is 0 Å². The van der Waals surface area contributed by atoms with Gasteiger partial charge in [0.25, 0.3) is 0 Å². The summed E-state index contributed by atoms with van der Waals surface area (Å²) in [7, 11) is 0. The highest BCUT2D eigenvalue weighted by atomic mass is 32.1. The fourth-order valence-corrected chi connectivity index (χ4v) is 1.40. The second-order valence-corrected chi connectivity index (χ2v) is 3.07. The molecule has 0 spiro atoms. The molecule has 4 N–H and O–H groups in total. The van der Waals surface area contributed by atoms with Crippen LogP contribution in [-0.4, -0.2) is 46.8 Å². The summed E-state index contributed by atoms with van der Waals surface area (Å²) >= 11 is 4.74. The predicted octanol–water partition coefficient (Wildman–Crippen LogP) is -0.776. The summed E-state index contributed by atoms with van der Waals surface area (Å²) in [6.07, 6.45) is -0.964. The molecule has 0 radical (unpaired) electrons. The maximum Gasteiger partial charge on any atom is 0.407 e. The Hall–Kier alpha value is -0.880. The maximum absolute atomic E-state index is 10.7. The summed E-state index contributed by atoms with van der Waals surface area (Å²) < 4.78 is 0. The van der Waals surface area contributed by atoms with E-state index < -0.39 is 6.09 Å². The molecule has 1 heterocycles. The van der Waals surface area contributed by atoms with Crippen molar-refractivity contribution in [2.24, 2.45) is 5.73 Å². The zero-order chi connectivity index (χ0) is 9.14. The van der Waals surface area contributed by atoms with E-state index in [1.165, 1.54) is 4.90 Å². The normalized spacial score (nSPS) is 23.7. The molecule has 1 atom stereocenters. The van der Waals surface area contributed by atoms with E-state index >= 15 is 0 Å². The molecule has 6 heteroatoms. The van der Waals surface area contributed by atoms with E-state index in [4.69, 9.17) is 23.1 Å². The minimum absolute atomic E-state index is 0.226. The van der Waals surface area contributed by atoms with Crippen LogP contribution in [0.1, 0.15) is 0 Å². The van der Waals surface area contributed by atoms with Gasteiger partial charge < -0.3 is 16.2 Å². The van der Waals surface area contributed by atoms with Gasteiger partial charge in [0.15, 0.2) is 0 Å². The van der Waals surface area contributed by atoms with E-state index in [-0.39, 0.29) is 11.0 Å². The van der Waals surface area contributed by atoms with Crippen molar-refractivity contribution in [1.29, 1.82) is 0 Å². The first-order valence-corrected chi connectivity index (χ1v) is 4.03. The summed E-state index contributed by atoms with van der Waals surface area (Å²) in [6.45, 7) is 1.62. The molecule has 1 rings (SSSR count). The number of carbonyl (C=O) groups is 1. The van der Waals surface area contributed by atoms with Gasteiger partial charge in [-0.2, -0.15) is 0 Å². The van der Waals surface area contributed by atoms with Gasteiger partial charge in [0.05, 0.1) is 11.0 Å². The number of piperazine rings is 1. The third-order valence-corrected chi connectivity index (χ3v) is 2.09. The van der Waals surface area contributed by atoms with Crippen molar-refractivity contribution in [2.45, 2.75) is 6.04 Å². The quantitative estimate of drug-likeness (QED) is 0.472. The topological polar surface area (TPSA) is 78.6 Å². The van der Waals surface area contributed by atoms with Crippen molar-refractivity contribution in [3.05, 3.63) is 0 Å². The Labute approximate surface area is 75.5 Å². The van der Waals surface area contributed by atoms with Gasteiger partial charge in [-0.3, -0.25) is 4.90 Å². The van der Waals surface area contributed by atoms with Crippen molar-refractivity contribution in [2.75, 3.05) is 19.6 Å². The summed E-state index contributed by atoms with van der Waals surface area (Å²) in [5.41, 5.74) is 5.38. The fraction of sp³-hybridized carbons (Fsp3) is 0.667. The molecule has 12 heavy (non-hydrogen) atoms. The average molecular weight is 189 g/mol. The molecule has 1 amide bonds. The molecule has 0 aromatic carbocycles. The molecule has 0 bridgehead atoms. The van der Waals surface area contributed by atoms with Gasteiger partial charge in [0.1, 0.15) is 0 Å². The average Bonchev–Trinajstić information content (AvgIpc) is 2.04. The monoisotopic (exact) mass is 189 g/mol. The number of nitrogens with one attached hydrogen (secondary N) is 1. The number of thiocarbonyl (C=S) groups is 1. The maximum atomic E-state index is 10.7. The Morgan fingerprint density at radius 1 is 1.75 bits per heavy atom. The van der Waals surface area contributed by atoms with E-state index in [0.717, 1.165) is 0 Å². The molecule has 0 saturated carbocycles. The van der Waals surface area contributed by atoms with Gasteiger partial charge >= 0.3 is 6.09 Å². The molecule has 0 aromatic rings. The molecule has 1 saturated heterocycles. The van der Waals surface area contributed by atoms with Gasteiger partial charge in [-0.25, -0.2) is 4.79 Å². The molecular formula is C6H11N3O2S. The predicted molar refractivity (Wildman–Crippen MR) is 48.2 cm³/mol. The Morgan fingerprint density at radius 2 is 2.42 bits per heavy atom. The van der Waals surface area contributed by atoms with E-state index in [1.54, 1.807) is 0 Å². The number of amides is 1. The molecule has 1 fully saturated rings. The number of nitrogens with two attached hydrogens (primary N) is 1. The fourth-order valence-electron chi connectivity index (χ4n) is 1.19. The second kappa shape index (κ2) is 3.68. The highest BCUT2D eigenvalue weighted by molar-refractivity contribution is 7.80. The first-order chi connectivity index (χ1) is 5.63. The Kier molecular flexibility index (Phi) is 2.83. The summed E-state index contributed by atoms with van der Waals surface area (Å²) in [6, 6.07) is -0.355. The number of hydrogen-bond donors (Lipinski definition) is 3. The van der Waals surface area contributed by atoms with Gasteiger partial charge in [0.2, 0.25) is 0 Å². The molecule has 5 nitrogen and oxygen atoms in total. The molecule has 1 unspecified atom stereocenters. The van der Waals surface area contributed by atoms with E-state index in [1.807, 2.05) is 0 Å². The molecule has 0 aromatic heterocycles. The number of rotatable bonds is 1. The van der Waals surface area contributed by atoms with Crippen LogP contribution in [0.5, 0.6) is 0 Å². The summed E-state index contributed by atoms with van der Waals surface area (Å²) in [4.78, 5) is 12.1. The van der Waals surface area contributed by atoms with E-state index in [9.17, 15) is 4.79 Å². The first-order valence-electron chi connectivity index (χ1n) is 3.62. The van der Waals surface area contributed by atoms with Crippen molar-refractivity contribution in [3.63, 3.8) is 0 Å². The molecule has 68 valence electrons. The van der Waals surface area contributed by atoms with Gasteiger partial charge in [-0.05, 0) is 0 Å². The first kappa shape index (κ1) is 9.21. The minimum atomic E-state index is -0.964. The van der Waals surface area contributed by atoms with Gasteiger partial charge in [-0.1, -0.05) is 12.2 Å². The van der Waals surface area contributed by atoms with Crippen LogP contribution in [0.25, 0.3) is 0 Å². The van der Waals surface area contributed by atoms with E-state index in [2.05, 4.69) is 5.32 Å². The molecular weight excluding hydrogens is 178 g/mol. The Bertz CT molecular complexity index is 187. The van der Waals surface area contributed by atoms with Crippen LogP contribution in [0, 0.1) is 0 Å². The zero-order valence-corrected chi connectivity index (χ0v) is 7.30. The van der Waals surface area contributed by atoms with Crippen LogP contribution in [-0.2, 0) is 0 Å². The van der Waals surface area contributed by atoms with Crippen molar-refractivity contribution in [1.82, 2.24) is 10.2 Å². The zero-order valence-electron chi connectivity index (χ0n) is 6.49. The lowest BCUT2D eigenvalue weighted by Gasteiger charge is -2.33. The van der Waals surface area contributed by atoms with Crippen molar-refractivity contribution < 1.29 is 9.90 Å². The van der Waals surface area contributed by atoms with Crippen molar-refractivity contribution in [3.8, 4) is 0 Å². The largest absolute Gasteiger partial charge is 0.465 e. The Balaban J connectivity index is 2.67. The van der Waals surface area contributed by atoms with Crippen LogP contribution in [0.3, 0.4) is 0 Å².